The summed E-state index contributed by atoms with van der Waals surface area (Å²) in [4.78, 5) is 0. The first-order valence-corrected chi connectivity index (χ1v) is 7.37. The lowest BCUT2D eigenvalue weighted by molar-refractivity contribution is 0.305. The van der Waals surface area contributed by atoms with Crippen LogP contribution in [-0.4, -0.2) is 17.8 Å². The fraction of sp³-hybridized carbons (Fsp3) is 0.625. The molecule has 1 aromatic carbocycles. The second-order valence-electron chi connectivity index (χ2n) is 5.57. The number of aromatic hydroxyl groups is 1. The number of ether oxygens (including phenoxy) is 1. The minimum atomic E-state index is 0.220. The number of nitrogens with one attached hydrogen (secondary N) is 1. The van der Waals surface area contributed by atoms with Crippen LogP contribution < -0.4 is 10.1 Å². The van der Waals surface area contributed by atoms with E-state index in [2.05, 4.69) is 12.2 Å². The predicted octanol–water partition coefficient (Wildman–Crippen LogP) is 3.46. The van der Waals surface area contributed by atoms with E-state index in [1.807, 2.05) is 19.1 Å². The summed E-state index contributed by atoms with van der Waals surface area (Å²) >= 11 is 0. The van der Waals surface area contributed by atoms with Crippen LogP contribution >= 0.6 is 0 Å². The van der Waals surface area contributed by atoms with E-state index in [-0.39, 0.29) is 5.75 Å². The first-order chi connectivity index (χ1) is 9.19. The van der Waals surface area contributed by atoms with Gasteiger partial charge in [-0.25, -0.2) is 0 Å². The average molecular weight is 263 g/mol. The van der Waals surface area contributed by atoms with Gasteiger partial charge in [0, 0.05) is 12.6 Å². The molecule has 0 aliphatic heterocycles. The van der Waals surface area contributed by atoms with Gasteiger partial charge in [-0.1, -0.05) is 13.0 Å². The summed E-state index contributed by atoms with van der Waals surface area (Å²) < 4.78 is 5.41. The molecule has 1 fully saturated rings. The number of benzene rings is 1. The number of phenolic OH excluding ortho intramolecular Hbond substituents is 1. The van der Waals surface area contributed by atoms with E-state index < -0.39 is 0 Å². The maximum Gasteiger partial charge on any atom is 0.161 e. The van der Waals surface area contributed by atoms with E-state index in [1.165, 1.54) is 31.2 Å². The van der Waals surface area contributed by atoms with Crippen LogP contribution in [0.2, 0.25) is 0 Å². The minimum absolute atomic E-state index is 0.220. The van der Waals surface area contributed by atoms with Crippen molar-refractivity contribution in [2.45, 2.75) is 52.1 Å². The van der Waals surface area contributed by atoms with Gasteiger partial charge < -0.3 is 15.2 Å². The molecule has 1 aliphatic carbocycles. The molecule has 0 atom stereocenters. The van der Waals surface area contributed by atoms with Crippen molar-refractivity contribution in [2.24, 2.45) is 5.92 Å². The second-order valence-corrected chi connectivity index (χ2v) is 5.57. The molecule has 0 saturated heterocycles. The molecule has 0 amide bonds. The summed E-state index contributed by atoms with van der Waals surface area (Å²) in [5, 5.41) is 13.3. The fourth-order valence-corrected chi connectivity index (χ4v) is 2.67. The highest BCUT2D eigenvalue weighted by molar-refractivity contribution is 5.41. The highest BCUT2D eigenvalue weighted by Crippen LogP contribution is 2.27. The first kappa shape index (κ1) is 14.2. The van der Waals surface area contributed by atoms with Gasteiger partial charge in [0.05, 0.1) is 6.61 Å². The Labute approximate surface area is 116 Å². The minimum Gasteiger partial charge on any atom is -0.504 e. The standard InChI is InChI=1S/C16H25NO2/c1-3-19-16-10-13(6-9-15(16)18)11-17-14-7-4-12(2)5-8-14/h6,9-10,12,14,17-18H,3-5,7-8,11H2,1-2H3. The number of rotatable bonds is 5. The Bertz CT molecular complexity index is 398. The molecule has 19 heavy (non-hydrogen) atoms. The van der Waals surface area contributed by atoms with Gasteiger partial charge in [-0.2, -0.15) is 0 Å². The summed E-state index contributed by atoms with van der Waals surface area (Å²) in [7, 11) is 0. The molecule has 3 heteroatoms. The molecular weight excluding hydrogens is 238 g/mol. The Morgan fingerprint density at radius 2 is 2.00 bits per heavy atom. The van der Waals surface area contributed by atoms with E-state index in [4.69, 9.17) is 4.74 Å². The summed E-state index contributed by atoms with van der Waals surface area (Å²) in [6.07, 6.45) is 5.21. The van der Waals surface area contributed by atoms with Gasteiger partial charge in [-0.3, -0.25) is 0 Å². The Kier molecular flexibility index (Phi) is 5.08. The lowest BCUT2D eigenvalue weighted by atomic mass is 9.87. The molecule has 0 bridgehead atoms. The average Bonchev–Trinajstić information content (AvgIpc) is 2.42. The highest BCUT2D eigenvalue weighted by Gasteiger charge is 2.17. The van der Waals surface area contributed by atoms with Crippen LogP contribution in [0.4, 0.5) is 0 Å². The van der Waals surface area contributed by atoms with Crippen molar-refractivity contribution in [2.75, 3.05) is 6.61 Å². The number of hydrogen-bond donors (Lipinski definition) is 2. The largest absolute Gasteiger partial charge is 0.504 e. The van der Waals surface area contributed by atoms with Crippen LogP contribution in [0, 0.1) is 5.92 Å². The van der Waals surface area contributed by atoms with Crippen LogP contribution in [0.3, 0.4) is 0 Å². The zero-order chi connectivity index (χ0) is 13.7. The van der Waals surface area contributed by atoms with Crippen molar-refractivity contribution in [3.05, 3.63) is 23.8 Å². The molecule has 1 aromatic rings. The van der Waals surface area contributed by atoms with Gasteiger partial charge in [0.15, 0.2) is 11.5 Å². The summed E-state index contributed by atoms with van der Waals surface area (Å²) in [6, 6.07) is 6.24. The first-order valence-electron chi connectivity index (χ1n) is 7.37. The maximum atomic E-state index is 9.67. The Morgan fingerprint density at radius 3 is 2.68 bits per heavy atom. The van der Waals surface area contributed by atoms with E-state index >= 15 is 0 Å². The summed E-state index contributed by atoms with van der Waals surface area (Å²) in [6.45, 7) is 5.68. The summed E-state index contributed by atoms with van der Waals surface area (Å²) in [5.74, 6) is 1.69. The zero-order valence-electron chi connectivity index (χ0n) is 12.0. The van der Waals surface area contributed by atoms with Crippen molar-refractivity contribution in [1.29, 1.82) is 0 Å². The SMILES string of the molecule is CCOc1cc(CNC2CCC(C)CC2)ccc1O. The Hall–Kier alpha value is -1.22. The Morgan fingerprint density at radius 1 is 1.26 bits per heavy atom. The van der Waals surface area contributed by atoms with Crippen molar-refractivity contribution >= 4 is 0 Å². The quantitative estimate of drug-likeness (QED) is 0.855. The molecular formula is C16H25NO2. The lowest BCUT2D eigenvalue weighted by Crippen LogP contribution is -2.32. The van der Waals surface area contributed by atoms with Gasteiger partial charge >= 0.3 is 0 Å². The van der Waals surface area contributed by atoms with Crippen LogP contribution in [-0.2, 0) is 6.54 Å². The smallest absolute Gasteiger partial charge is 0.161 e. The van der Waals surface area contributed by atoms with Gasteiger partial charge in [-0.15, -0.1) is 0 Å². The third-order valence-corrected chi connectivity index (χ3v) is 3.93. The topological polar surface area (TPSA) is 41.5 Å². The van der Waals surface area contributed by atoms with Crippen LogP contribution in [0.25, 0.3) is 0 Å². The van der Waals surface area contributed by atoms with Gasteiger partial charge in [0.1, 0.15) is 0 Å². The fourth-order valence-electron chi connectivity index (χ4n) is 2.67. The van der Waals surface area contributed by atoms with Gasteiger partial charge in [-0.05, 0) is 56.2 Å². The monoisotopic (exact) mass is 263 g/mol. The molecule has 0 radical (unpaired) electrons. The third kappa shape index (κ3) is 4.13. The van der Waals surface area contributed by atoms with Gasteiger partial charge in [0.2, 0.25) is 0 Å². The van der Waals surface area contributed by atoms with Crippen molar-refractivity contribution in [1.82, 2.24) is 5.32 Å². The van der Waals surface area contributed by atoms with E-state index in [0.717, 1.165) is 12.5 Å². The molecule has 1 aliphatic rings. The highest BCUT2D eigenvalue weighted by atomic mass is 16.5. The summed E-state index contributed by atoms with van der Waals surface area (Å²) in [5.41, 5.74) is 1.17. The molecule has 3 nitrogen and oxygen atoms in total. The van der Waals surface area contributed by atoms with E-state index in [1.54, 1.807) is 6.07 Å². The zero-order valence-corrected chi connectivity index (χ0v) is 12.0. The van der Waals surface area contributed by atoms with Crippen molar-refractivity contribution in [3.8, 4) is 11.5 Å². The third-order valence-electron chi connectivity index (χ3n) is 3.93. The lowest BCUT2D eigenvalue weighted by Gasteiger charge is -2.27. The normalized spacial score (nSPS) is 23.3. The maximum absolute atomic E-state index is 9.67. The van der Waals surface area contributed by atoms with Crippen LogP contribution in [0.1, 0.15) is 45.1 Å². The molecule has 1 saturated carbocycles. The number of phenols is 1. The van der Waals surface area contributed by atoms with Crippen LogP contribution in [0.15, 0.2) is 18.2 Å². The molecule has 106 valence electrons. The van der Waals surface area contributed by atoms with Crippen molar-refractivity contribution < 1.29 is 9.84 Å². The molecule has 0 spiro atoms. The van der Waals surface area contributed by atoms with E-state index in [0.29, 0.717) is 18.4 Å². The molecule has 2 N–H and O–H groups in total. The molecule has 2 rings (SSSR count). The van der Waals surface area contributed by atoms with Gasteiger partial charge in [0.25, 0.3) is 0 Å². The Balaban J connectivity index is 1.87. The second kappa shape index (κ2) is 6.80. The van der Waals surface area contributed by atoms with Crippen molar-refractivity contribution in [3.63, 3.8) is 0 Å². The molecule has 0 aromatic heterocycles. The molecule has 0 heterocycles. The predicted molar refractivity (Wildman–Crippen MR) is 77.5 cm³/mol. The number of hydrogen-bond acceptors (Lipinski definition) is 3. The van der Waals surface area contributed by atoms with E-state index in [9.17, 15) is 5.11 Å². The van der Waals surface area contributed by atoms with Crippen LogP contribution in [0.5, 0.6) is 11.5 Å². The molecule has 0 unspecified atom stereocenters.